The highest BCUT2D eigenvalue weighted by atomic mass is 32.2. The van der Waals surface area contributed by atoms with E-state index in [2.05, 4.69) is 8.57 Å². The molecule has 0 aromatic rings. The molecule has 0 radical (unpaired) electrons. The first-order chi connectivity index (χ1) is 4.52. The molecule has 0 fully saturated rings. The molecule has 10 heavy (non-hydrogen) atoms. The molecule has 0 aromatic carbocycles. The monoisotopic (exact) mass is 192 g/mol. The van der Waals surface area contributed by atoms with Crippen molar-refractivity contribution in [1.82, 2.24) is 0 Å². The van der Waals surface area contributed by atoms with E-state index >= 15 is 0 Å². The molecular formula is H2NO7S2+. The Hall–Kier alpha value is -0.580. The van der Waals surface area contributed by atoms with Gasteiger partial charge in [-0.1, -0.05) is 0 Å². The highest BCUT2D eigenvalue weighted by Crippen LogP contribution is 1.85. The number of hydrogen-bond donors (Lipinski definition) is 2. The maximum Gasteiger partial charge on any atom is 0.513 e. The van der Waals surface area contributed by atoms with E-state index in [9.17, 15) is 13.3 Å². The van der Waals surface area contributed by atoms with Crippen LogP contribution in [0.25, 0.3) is 0 Å². The molecule has 0 spiro atoms. The average molecular weight is 192 g/mol. The molecule has 0 aliphatic carbocycles. The van der Waals surface area contributed by atoms with Crippen molar-refractivity contribution < 1.29 is 31.2 Å². The fourth-order valence-electron chi connectivity index (χ4n) is 0.117. The van der Waals surface area contributed by atoms with Crippen LogP contribution in [0.4, 0.5) is 0 Å². The van der Waals surface area contributed by atoms with E-state index < -0.39 is 27.8 Å². The summed E-state index contributed by atoms with van der Waals surface area (Å²) in [7, 11) is 0. The minimum Gasteiger partial charge on any atom is -0.270 e. The van der Waals surface area contributed by atoms with Crippen molar-refractivity contribution in [3.8, 4) is 0 Å². The highest BCUT2D eigenvalue weighted by molar-refractivity contribution is 7.74. The predicted molar refractivity (Wildman–Crippen MR) is 27.3 cm³/mol. The van der Waals surface area contributed by atoms with Gasteiger partial charge in [-0.3, -0.25) is 9.11 Å². The van der Waals surface area contributed by atoms with Crippen molar-refractivity contribution in [3.05, 3.63) is 4.91 Å². The Bertz CT molecular complexity index is 154. The lowest BCUT2D eigenvalue weighted by molar-refractivity contribution is -0.923. The first kappa shape index (κ1) is 9.42. The first-order valence-corrected chi connectivity index (χ1v) is 3.64. The highest BCUT2D eigenvalue weighted by Gasteiger charge is 2.21. The van der Waals surface area contributed by atoms with Crippen LogP contribution in [0.15, 0.2) is 0 Å². The topological polar surface area (TPSA) is 113 Å². The smallest absolute Gasteiger partial charge is 0.270 e. The van der Waals surface area contributed by atoms with Crippen LogP contribution in [0.3, 0.4) is 0 Å². The molecule has 0 saturated carbocycles. The molecule has 0 aliphatic rings. The summed E-state index contributed by atoms with van der Waals surface area (Å²) in [5.74, 6) is 0. The largest absolute Gasteiger partial charge is 0.513 e. The molecule has 2 atom stereocenters. The van der Waals surface area contributed by atoms with Crippen molar-refractivity contribution in [1.29, 1.82) is 0 Å². The van der Waals surface area contributed by atoms with Gasteiger partial charge in [-0.2, -0.15) is 8.42 Å². The SMILES string of the molecule is O=[N+](OS(=O)O)OS(=O)O. The summed E-state index contributed by atoms with van der Waals surface area (Å²) >= 11 is -5.74. The third kappa shape index (κ3) is 5.55. The van der Waals surface area contributed by atoms with Crippen LogP contribution in [-0.2, 0) is 31.3 Å². The van der Waals surface area contributed by atoms with Crippen molar-refractivity contribution in [3.63, 3.8) is 0 Å². The first-order valence-electron chi connectivity index (χ1n) is 1.58. The van der Waals surface area contributed by atoms with Crippen LogP contribution >= 0.6 is 0 Å². The fraction of sp³-hybridized carbons (Fsp3) is 0. The van der Waals surface area contributed by atoms with Crippen LogP contribution in [-0.4, -0.2) is 22.6 Å². The molecule has 0 amide bonds. The van der Waals surface area contributed by atoms with E-state index in [0.29, 0.717) is 0 Å². The predicted octanol–water partition coefficient (Wildman–Crippen LogP) is -1.10. The lowest BCUT2D eigenvalue weighted by Crippen LogP contribution is -2.12. The Morgan fingerprint density at radius 3 is 1.60 bits per heavy atom. The van der Waals surface area contributed by atoms with Crippen molar-refractivity contribution in [2.75, 3.05) is 0 Å². The number of rotatable bonds is 4. The molecule has 2 N–H and O–H groups in total. The standard InChI is InChI=1S/HNO7S2/c2-1(7-9(3)4)8-10(5)6/h(H-,3,4,5,6)/p+1. The quantitative estimate of drug-likeness (QED) is 0.429. The summed E-state index contributed by atoms with van der Waals surface area (Å²) in [6, 6.07) is 0. The zero-order chi connectivity index (χ0) is 8.15. The van der Waals surface area contributed by atoms with Gasteiger partial charge in [0.15, 0.2) is 0 Å². The molecule has 0 heterocycles. The van der Waals surface area contributed by atoms with Crippen LogP contribution in [0.5, 0.6) is 0 Å². The van der Waals surface area contributed by atoms with Crippen molar-refractivity contribution in [2.24, 2.45) is 0 Å². The van der Waals surface area contributed by atoms with Crippen LogP contribution < -0.4 is 0 Å². The molecule has 8 nitrogen and oxygen atoms in total. The van der Waals surface area contributed by atoms with Gasteiger partial charge in [0.1, 0.15) is 4.91 Å². The Labute approximate surface area is 59.6 Å². The van der Waals surface area contributed by atoms with Gasteiger partial charge in [0.2, 0.25) is 0 Å². The normalized spacial score (nSPS) is 15.4. The molecule has 2 unspecified atom stereocenters. The van der Waals surface area contributed by atoms with E-state index in [1.54, 1.807) is 0 Å². The summed E-state index contributed by atoms with van der Waals surface area (Å²) in [5.41, 5.74) is 0. The molecular weight excluding hydrogens is 190 g/mol. The molecule has 0 aliphatic heterocycles. The number of hydrogen-bond acceptors (Lipinski definition) is 5. The number of nitrogens with zero attached hydrogens (tertiary/aromatic N) is 1. The third-order valence-corrected chi connectivity index (χ3v) is 0.748. The molecule has 0 saturated heterocycles. The maximum absolute atomic E-state index is 9.83. The molecule has 10 heteroatoms. The van der Waals surface area contributed by atoms with Gasteiger partial charge in [-0.05, 0) is 8.57 Å². The van der Waals surface area contributed by atoms with E-state index in [-0.39, 0.29) is 0 Å². The van der Waals surface area contributed by atoms with Gasteiger partial charge in [-0.15, -0.1) is 0 Å². The Balaban J connectivity index is 3.65. The van der Waals surface area contributed by atoms with E-state index in [4.69, 9.17) is 9.11 Å². The Morgan fingerprint density at radius 1 is 1.10 bits per heavy atom. The zero-order valence-electron chi connectivity index (χ0n) is 4.20. The molecule has 60 valence electrons. The fourth-order valence-corrected chi connectivity index (χ4v) is 0.424. The van der Waals surface area contributed by atoms with Crippen LogP contribution in [0.2, 0.25) is 0 Å². The van der Waals surface area contributed by atoms with E-state index in [1.165, 1.54) is 0 Å². The summed E-state index contributed by atoms with van der Waals surface area (Å²) < 4.78 is 41.3. The summed E-state index contributed by atoms with van der Waals surface area (Å²) in [4.78, 5) is 9.83. The molecule has 0 rings (SSSR count). The zero-order valence-corrected chi connectivity index (χ0v) is 5.83. The lowest BCUT2D eigenvalue weighted by atomic mass is 13.1. The molecule has 0 aromatic heterocycles. The van der Waals surface area contributed by atoms with Gasteiger partial charge in [0.05, 0.1) is 0 Å². The lowest BCUT2D eigenvalue weighted by Gasteiger charge is -1.80. The van der Waals surface area contributed by atoms with Crippen LogP contribution in [0, 0.1) is 4.91 Å². The summed E-state index contributed by atoms with van der Waals surface area (Å²) in [5, 5.41) is -0.952. The Kier molecular flexibility index (Phi) is 4.02. The van der Waals surface area contributed by atoms with Crippen molar-refractivity contribution >= 4 is 22.7 Å². The minimum atomic E-state index is -2.87. The van der Waals surface area contributed by atoms with E-state index in [0.717, 1.165) is 0 Å². The van der Waals surface area contributed by atoms with Gasteiger partial charge >= 0.3 is 27.8 Å². The van der Waals surface area contributed by atoms with Gasteiger partial charge < -0.3 is 0 Å². The Morgan fingerprint density at radius 2 is 1.40 bits per heavy atom. The van der Waals surface area contributed by atoms with Crippen LogP contribution in [0.1, 0.15) is 0 Å². The summed E-state index contributed by atoms with van der Waals surface area (Å²) in [6.07, 6.45) is 0. The van der Waals surface area contributed by atoms with Crippen molar-refractivity contribution in [2.45, 2.75) is 0 Å². The average Bonchev–Trinajstić information content (AvgIpc) is 1.58. The summed E-state index contributed by atoms with van der Waals surface area (Å²) in [6.45, 7) is 0. The van der Waals surface area contributed by atoms with E-state index in [1.807, 2.05) is 0 Å². The second-order valence-corrected chi connectivity index (χ2v) is 1.97. The van der Waals surface area contributed by atoms with Gasteiger partial charge in [-0.25, -0.2) is 0 Å². The molecule has 0 bridgehead atoms. The third-order valence-electron chi connectivity index (χ3n) is 0.249. The second-order valence-electron chi connectivity index (χ2n) is 0.807. The maximum atomic E-state index is 9.83. The van der Waals surface area contributed by atoms with Gasteiger partial charge in [0, 0.05) is 0 Å². The van der Waals surface area contributed by atoms with Gasteiger partial charge in [0.25, 0.3) is 0 Å². The second kappa shape index (κ2) is 4.27. The minimum absolute atomic E-state index is 0.952.